The van der Waals surface area contributed by atoms with Crippen LogP contribution in [0.5, 0.6) is 5.75 Å². The van der Waals surface area contributed by atoms with Crippen LogP contribution in [0.4, 0.5) is 0 Å². The van der Waals surface area contributed by atoms with E-state index in [9.17, 15) is 14.4 Å². The molecule has 0 spiro atoms. The van der Waals surface area contributed by atoms with Gasteiger partial charge in [0, 0.05) is 0 Å². The molecule has 1 atom stereocenters. The van der Waals surface area contributed by atoms with Crippen molar-refractivity contribution in [3.63, 3.8) is 0 Å². The minimum Gasteiger partial charge on any atom is -0.487 e. The summed E-state index contributed by atoms with van der Waals surface area (Å²) in [6, 6.07) is 19.9. The van der Waals surface area contributed by atoms with Gasteiger partial charge in [0.05, 0.1) is 48.3 Å². The van der Waals surface area contributed by atoms with Crippen LogP contribution in [0.1, 0.15) is 53.4 Å². The average molecular weight is 834 g/mol. The highest BCUT2D eigenvalue weighted by Crippen LogP contribution is 2.32. The number of allylic oxidation sites excluding steroid dienone is 1. The first-order valence-corrected chi connectivity index (χ1v) is 16.8. The summed E-state index contributed by atoms with van der Waals surface area (Å²) in [6.07, 6.45) is 2.37. The van der Waals surface area contributed by atoms with Crippen molar-refractivity contribution in [3.05, 3.63) is 127 Å². The van der Waals surface area contributed by atoms with E-state index in [1.165, 1.54) is 18.4 Å². The summed E-state index contributed by atoms with van der Waals surface area (Å²) in [4.78, 5) is 44.1. The Balaban J connectivity index is 1.47. The highest BCUT2D eigenvalue weighted by atomic mass is 127. The number of aromatic nitrogens is 1. The standard InChI is InChI=1S/C33H28I2N2O6S/c1-4-25-27(32(40)41-3)28(21-9-7-6-8-10-21)37-30(38)26(44-33(37)36-25)17-20-15-23(34)29(24(35)16-20)43-18-19-11-13-22(14-12-19)31(39)42-5-2/h6-17,28H,4-5,18H2,1-3H3/b26-17+/t28-/m0/s1. The molecular weight excluding hydrogens is 806 g/mol. The van der Waals surface area contributed by atoms with E-state index in [1.54, 1.807) is 23.6 Å². The quantitative estimate of drug-likeness (QED) is 0.157. The molecule has 0 aliphatic carbocycles. The van der Waals surface area contributed by atoms with E-state index in [2.05, 4.69) is 45.2 Å². The van der Waals surface area contributed by atoms with Gasteiger partial charge in [0.1, 0.15) is 12.4 Å². The lowest BCUT2D eigenvalue weighted by molar-refractivity contribution is -0.136. The Hall–Kier alpha value is -3.30. The van der Waals surface area contributed by atoms with Crippen LogP contribution in [0, 0.1) is 7.14 Å². The second-order valence-electron chi connectivity index (χ2n) is 9.72. The highest BCUT2D eigenvalue weighted by Gasteiger charge is 2.33. The Morgan fingerprint density at radius 3 is 2.30 bits per heavy atom. The summed E-state index contributed by atoms with van der Waals surface area (Å²) in [5.41, 5.74) is 3.83. The molecule has 5 rings (SSSR count). The van der Waals surface area contributed by atoms with Gasteiger partial charge in [0.25, 0.3) is 5.56 Å². The minimum absolute atomic E-state index is 0.226. The number of fused-ring (bicyclic) bond motifs is 1. The number of hydrogen-bond acceptors (Lipinski definition) is 8. The first kappa shape index (κ1) is 32.1. The van der Waals surface area contributed by atoms with Crippen molar-refractivity contribution in [1.29, 1.82) is 0 Å². The van der Waals surface area contributed by atoms with Crippen LogP contribution in [-0.4, -0.2) is 30.2 Å². The van der Waals surface area contributed by atoms with Crippen LogP contribution >= 0.6 is 56.5 Å². The van der Waals surface area contributed by atoms with Crippen LogP contribution in [0.3, 0.4) is 0 Å². The summed E-state index contributed by atoms with van der Waals surface area (Å²) in [6.45, 7) is 4.37. The Bertz CT molecular complexity index is 1910. The number of halogens is 2. The minimum atomic E-state index is -0.639. The van der Waals surface area contributed by atoms with Gasteiger partial charge in [-0.15, -0.1) is 0 Å². The Labute approximate surface area is 285 Å². The van der Waals surface area contributed by atoms with Crippen molar-refractivity contribution < 1.29 is 23.8 Å². The van der Waals surface area contributed by atoms with E-state index >= 15 is 0 Å². The molecule has 0 radical (unpaired) electrons. The van der Waals surface area contributed by atoms with Crippen molar-refractivity contribution >= 4 is 74.5 Å². The second kappa shape index (κ2) is 14.2. The summed E-state index contributed by atoms with van der Waals surface area (Å²) in [7, 11) is 1.34. The third-order valence-electron chi connectivity index (χ3n) is 6.93. The smallest absolute Gasteiger partial charge is 0.338 e. The fourth-order valence-corrected chi connectivity index (χ4v) is 8.02. The van der Waals surface area contributed by atoms with Crippen LogP contribution in [0.25, 0.3) is 6.08 Å². The fourth-order valence-electron chi connectivity index (χ4n) is 4.87. The normalized spacial score (nSPS) is 14.6. The molecule has 0 bridgehead atoms. The molecule has 44 heavy (non-hydrogen) atoms. The van der Waals surface area contributed by atoms with Crippen molar-refractivity contribution in [2.24, 2.45) is 4.99 Å². The molecule has 0 amide bonds. The van der Waals surface area contributed by atoms with Crippen molar-refractivity contribution in [1.82, 2.24) is 4.57 Å². The number of nitrogens with zero attached hydrogens (tertiary/aromatic N) is 2. The zero-order chi connectivity index (χ0) is 31.4. The monoisotopic (exact) mass is 834 g/mol. The molecule has 3 aromatic carbocycles. The maximum Gasteiger partial charge on any atom is 0.338 e. The van der Waals surface area contributed by atoms with Gasteiger partial charge in [-0.3, -0.25) is 9.36 Å². The van der Waals surface area contributed by atoms with Crippen LogP contribution in [-0.2, 0) is 20.9 Å². The molecule has 8 nitrogen and oxygen atoms in total. The molecule has 0 saturated heterocycles. The van der Waals surface area contributed by atoms with Crippen molar-refractivity contribution in [3.8, 4) is 5.75 Å². The number of carbonyl (C=O) groups excluding carboxylic acids is 2. The van der Waals surface area contributed by atoms with Gasteiger partial charge < -0.3 is 14.2 Å². The number of benzene rings is 3. The van der Waals surface area contributed by atoms with Crippen LogP contribution < -0.4 is 19.6 Å². The molecule has 11 heteroatoms. The summed E-state index contributed by atoms with van der Waals surface area (Å²) >= 11 is 5.76. The van der Waals surface area contributed by atoms with E-state index in [0.29, 0.717) is 45.8 Å². The summed E-state index contributed by atoms with van der Waals surface area (Å²) in [5, 5.41) is 0. The van der Waals surface area contributed by atoms with E-state index in [0.717, 1.165) is 29.6 Å². The van der Waals surface area contributed by atoms with Gasteiger partial charge >= 0.3 is 11.9 Å². The maximum atomic E-state index is 13.9. The van der Waals surface area contributed by atoms with Gasteiger partial charge in [0.2, 0.25) is 0 Å². The molecule has 0 unspecified atom stereocenters. The third kappa shape index (κ3) is 6.69. The predicted molar refractivity (Wildman–Crippen MR) is 185 cm³/mol. The lowest BCUT2D eigenvalue weighted by atomic mass is 9.95. The molecule has 0 N–H and O–H groups in total. The largest absolute Gasteiger partial charge is 0.487 e. The third-order valence-corrected chi connectivity index (χ3v) is 9.52. The molecule has 0 saturated carbocycles. The molecule has 1 aliphatic heterocycles. The van der Waals surface area contributed by atoms with Gasteiger partial charge in [-0.1, -0.05) is 60.7 Å². The maximum absolute atomic E-state index is 13.9. The van der Waals surface area contributed by atoms with E-state index in [-0.39, 0.29) is 11.5 Å². The van der Waals surface area contributed by atoms with Gasteiger partial charge in [-0.25, -0.2) is 14.6 Å². The first-order valence-electron chi connectivity index (χ1n) is 13.8. The number of rotatable bonds is 9. The lowest BCUT2D eigenvalue weighted by Crippen LogP contribution is -2.40. The number of carbonyl (C=O) groups is 2. The SMILES string of the molecule is CCOC(=O)c1ccc(COc2c(I)cc(/C=c3/sc4n(c3=O)[C@@H](c3ccccc3)C(C(=O)OC)=C(CC)N=4)cc2I)cc1. The van der Waals surface area contributed by atoms with Gasteiger partial charge in [-0.05, 0) is 106 Å². The zero-order valence-corrected chi connectivity index (χ0v) is 29.3. The zero-order valence-electron chi connectivity index (χ0n) is 24.1. The number of methoxy groups -OCH3 is 1. The van der Waals surface area contributed by atoms with Crippen molar-refractivity contribution in [2.75, 3.05) is 13.7 Å². The molecule has 1 aliphatic rings. The molecule has 0 fully saturated rings. The second-order valence-corrected chi connectivity index (χ2v) is 13.1. The molecular formula is C33H28I2N2O6S. The molecule has 4 aromatic rings. The van der Waals surface area contributed by atoms with Crippen LogP contribution in [0.2, 0.25) is 0 Å². The van der Waals surface area contributed by atoms with E-state index < -0.39 is 12.0 Å². The number of thiazole rings is 1. The van der Waals surface area contributed by atoms with E-state index in [4.69, 9.17) is 19.2 Å². The predicted octanol–water partition coefficient (Wildman–Crippen LogP) is 5.76. The molecule has 1 aromatic heterocycles. The first-order chi connectivity index (χ1) is 21.2. The summed E-state index contributed by atoms with van der Waals surface area (Å²) in [5.74, 6) is -0.112. The Morgan fingerprint density at radius 2 is 1.68 bits per heavy atom. The lowest BCUT2D eigenvalue weighted by Gasteiger charge is -2.25. The topological polar surface area (TPSA) is 96.2 Å². The Kier molecular flexibility index (Phi) is 10.4. The molecule has 226 valence electrons. The van der Waals surface area contributed by atoms with Gasteiger partial charge in [-0.2, -0.15) is 0 Å². The van der Waals surface area contributed by atoms with Crippen LogP contribution in [0.15, 0.2) is 87.8 Å². The number of ether oxygens (including phenoxy) is 3. The van der Waals surface area contributed by atoms with Gasteiger partial charge in [0.15, 0.2) is 4.80 Å². The average Bonchev–Trinajstić information content (AvgIpc) is 3.34. The van der Waals surface area contributed by atoms with Crippen molar-refractivity contribution in [2.45, 2.75) is 32.9 Å². The Morgan fingerprint density at radius 1 is 1.00 bits per heavy atom. The molecule has 2 heterocycles. The number of esters is 2. The fraction of sp³-hybridized carbons (Fsp3) is 0.212. The van der Waals surface area contributed by atoms with E-state index in [1.807, 2.05) is 67.6 Å². The highest BCUT2D eigenvalue weighted by molar-refractivity contribution is 14.1. The summed E-state index contributed by atoms with van der Waals surface area (Å²) < 4.78 is 20.2. The number of hydrogen-bond donors (Lipinski definition) is 0.